The third-order valence-electron chi connectivity index (χ3n) is 6.20. The molecule has 0 aliphatic carbocycles. The van der Waals surface area contributed by atoms with E-state index in [4.69, 9.17) is 19.6 Å². The zero-order chi connectivity index (χ0) is 25.2. The topological polar surface area (TPSA) is 74.0 Å². The van der Waals surface area contributed by atoms with Gasteiger partial charge < -0.3 is 24.5 Å². The van der Waals surface area contributed by atoms with Crippen LogP contribution in [0, 0.1) is 5.92 Å². The molecule has 1 aromatic rings. The number of ether oxygens (including phenoxy) is 2. The highest BCUT2D eigenvalue weighted by molar-refractivity contribution is 6.74. The van der Waals surface area contributed by atoms with E-state index in [0.29, 0.717) is 38.6 Å². The third-order valence-corrected chi connectivity index (χ3v) is 10.6. The van der Waals surface area contributed by atoms with E-state index < -0.39 is 20.6 Å². The number of carbonyl (C=O) groups is 1. The van der Waals surface area contributed by atoms with E-state index in [-0.39, 0.29) is 10.9 Å². The first-order valence-corrected chi connectivity index (χ1v) is 15.3. The summed E-state index contributed by atoms with van der Waals surface area (Å²) in [5, 5.41) is 0.152. The van der Waals surface area contributed by atoms with E-state index in [1.54, 1.807) is 4.90 Å². The van der Waals surface area contributed by atoms with E-state index in [2.05, 4.69) is 59.8 Å². The maximum absolute atomic E-state index is 13.1. The van der Waals surface area contributed by atoms with Gasteiger partial charge in [0.2, 0.25) is 14.2 Å². The standard InChI is InChI=1S/C26H48N2O4Si/c1-10-30-24(31-11-2)19-28(25(29)23(27)18-20(3)4)17-16-21-12-14-22(15-13-21)32-33(8,9)26(5,6)7/h12-15,20,23-24H,10-11,16-19,27H2,1-9H3/t23-/m0/s1. The highest BCUT2D eigenvalue weighted by atomic mass is 28.4. The lowest BCUT2D eigenvalue weighted by Crippen LogP contribution is -2.48. The molecule has 6 nitrogen and oxygen atoms in total. The molecule has 1 amide bonds. The second kappa shape index (κ2) is 13.5. The van der Waals surface area contributed by atoms with Crippen LogP contribution in [0.15, 0.2) is 24.3 Å². The van der Waals surface area contributed by atoms with Crippen molar-refractivity contribution in [3.05, 3.63) is 29.8 Å². The molecular formula is C26H48N2O4Si. The summed E-state index contributed by atoms with van der Waals surface area (Å²) in [6.07, 6.45) is 0.935. The molecule has 0 spiro atoms. The van der Waals surface area contributed by atoms with Gasteiger partial charge in [0.15, 0.2) is 6.29 Å². The van der Waals surface area contributed by atoms with Crippen molar-refractivity contribution < 1.29 is 18.7 Å². The SMILES string of the molecule is CCOC(CN(CCc1ccc(O[Si](C)(C)C(C)(C)C)cc1)C(=O)[C@@H](N)CC(C)C)OCC. The minimum atomic E-state index is -1.87. The van der Waals surface area contributed by atoms with E-state index in [9.17, 15) is 4.79 Å². The second-order valence-electron chi connectivity index (χ2n) is 10.6. The summed E-state index contributed by atoms with van der Waals surface area (Å²) in [5.74, 6) is 1.21. The number of amides is 1. The molecule has 33 heavy (non-hydrogen) atoms. The molecule has 0 saturated carbocycles. The molecule has 2 N–H and O–H groups in total. The molecule has 0 unspecified atom stereocenters. The van der Waals surface area contributed by atoms with Gasteiger partial charge in [-0.3, -0.25) is 4.79 Å². The molecule has 7 heteroatoms. The number of benzene rings is 1. The Kier molecular flexibility index (Phi) is 12.1. The van der Waals surface area contributed by atoms with Crippen molar-refractivity contribution in [2.24, 2.45) is 11.7 Å². The van der Waals surface area contributed by atoms with Crippen LogP contribution in [-0.2, 0) is 20.7 Å². The predicted molar refractivity (Wildman–Crippen MR) is 139 cm³/mol. The Morgan fingerprint density at radius 3 is 2.06 bits per heavy atom. The van der Waals surface area contributed by atoms with Crippen LogP contribution in [0.4, 0.5) is 0 Å². The van der Waals surface area contributed by atoms with E-state index >= 15 is 0 Å². The first-order chi connectivity index (χ1) is 15.3. The van der Waals surface area contributed by atoms with Gasteiger partial charge in [-0.25, -0.2) is 0 Å². The molecule has 0 heterocycles. The quantitative estimate of drug-likeness (QED) is 0.292. The van der Waals surface area contributed by atoms with Crippen molar-refractivity contribution in [2.45, 2.75) is 91.8 Å². The Bertz CT molecular complexity index is 695. The summed E-state index contributed by atoms with van der Waals surface area (Å²) in [5.41, 5.74) is 7.39. The van der Waals surface area contributed by atoms with Gasteiger partial charge in [-0.1, -0.05) is 46.8 Å². The Morgan fingerprint density at radius 2 is 1.61 bits per heavy atom. The van der Waals surface area contributed by atoms with Gasteiger partial charge in [0.05, 0.1) is 12.6 Å². The first kappa shape index (κ1) is 29.6. The van der Waals surface area contributed by atoms with Crippen molar-refractivity contribution in [3.63, 3.8) is 0 Å². The van der Waals surface area contributed by atoms with Crippen LogP contribution in [0.1, 0.15) is 60.5 Å². The second-order valence-corrected chi connectivity index (χ2v) is 15.3. The van der Waals surface area contributed by atoms with E-state index in [1.165, 1.54) is 0 Å². The van der Waals surface area contributed by atoms with E-state index in [1.807, 2.05) is 26.0 Å². The fourth-order valence-corrected chi connectivity index (χ4v) is 4.31. The predicted octanol–water partition coefficient (Wildman–Crippen LogP) is 5.21. The van der Waals surface area contributed by atoms with Crippen LogP contribution in [0.2, 0.25) is 18.1 Å². The molecule has 0 bridgehead atoms. The third kappa shape index (κ3) is 10.2. The van der Waals surface area contributed by atoms with Gasteiger partial charge in [-0.05, 0) is 68.4 Å². The minimum absolute atomic E-state index is 0.0500. The van der Waals surface area contributed by atoms with Crippen LogP contribution in [0.5, 0.6) is 5.75 Å². The van der Waals surface area contributed by atoms with Crippen molar-refractivity contribution in [2.75, 3.05) is 26.3 Å². The molecule has 0 radical (unpaired) electrons. The fraction of sp³-hybridized carbons (Fsp3) is 0.731. The zero-order valence-electron chi connectivity index (χ0n) is 22.4. The van der Waals surface area contributed by atoms with Gasteiger partial charge in [0, 0.05) is 19.8 Å². The van der Waals surface area contributed by atoms with Gasteiger partial charge in [0.1, 0.15) is 5.75 Å². The van der Waals surface area contributed by atoms with Gasteiger partial charge in [-0.15, -0.1) is 0 Å². The molecule has 0 aliphatic rings. The summed E-state index contributed by atoms with van der Waals surface area (Å²) >= 11 is 0. The number of nitrogens with two attached hydrogens (primary N) is 1. The molecule has 0 aliphatic heterocycles. The summed E-state index contributed by atoms with van der Waals surface area (Å²) in [4.78, 5) is 14.9. The van der Waals surface area contributed by atoms with Crippen LogP contribution in [0.3, 0.4) is 0 Å². The van der Waals surface area contributed by atoms with Crippen LogP contribution < -0.4 is 10.2 Å². The summed E-state index contributed by atoms with van der Waals surface area (Å²) in [7, 11) is -1.87. The fourth-order valence-electron chi connectivity index (χ4n) is 3.28. The van der Waals surface area contributed by atoms with E-state index in [0.717, 1.165) is 17.7 Å². The Labute approximate surface area is 203 Å². The van der Waals surface area contributed by atoms with Crippen LogP contribution >= 0.6 is 0 Å². The van der Waals surface area contributed by atoms with Crippen LogP contribution in [0.25, 0.3) is 0 Å². The van der Waals surface area contributed by atoms with Crippen molar-refractivity contribution in [1.82, 2.24) is 4.90 Å². The van der Waals surface area contributed by atoms with Gasteiger partial charge in [-0.2, -0.15) is 0 Å². The lowest BCUT2D eigenvalue weighted by molar-refractivity contribution is -0.159. The zero-order valence-corrected chi connectivity index (χ0v) is 23.4. The maximum atomic E-state index is 13.1. The summed E-state index contributed by atoms with van der Waals surface area (Å²) in [6.45, 7) is 21.2. The minimum Gasteiger partial charge on any atom is -0.544 e. The monoisotopic (exact) mass is 480 g/mol. The summed E-state index contributed by atoms with van der Waals surface area (Å²) in [6, 6.07) is 7.73. The molecule has 1 atom stereocenters. The molecule has 0 fully saturated rings. The number of nitrogens with zero attached hydrogens (tertiary/aromatic N) is 1. The molecule has 1 rings (SSSR count). The molecular weight excluding hydrogens is 432 g/mol. The van der Waals surface area contributed by atoms with Gasteiger partial charge >= 0.3 is 0 Å². The molecule has 0 saturated heterocycles. The smallest absolute Gasteiger partial charge is 0.250 e. The van der Waals surface area contributed by atoms with Gasteiger partial charge in [0.25, 0.3) is 0 Å². The first-order valence-electron chi connectivity index (χ1n) is 12.4. The Morgan fingerprint density at radius 1 is 1.06 bits per heavy atom. The lowest BCUT2D eigenvalue weighted by atomic mass is 10.0. The van der Waals surface area contributed by atoms with Crippen LogP contribution in [-0.4, -0.2) is 57.8 Å². The highest BCUT2D eigenvalue weighted by Gasteiger charge is 2.38. The average Bonchev–Trinajstić information content (AvgIpc) is 2.70. The lowest BCUT2D eigenvalue weighted by Gasteiger charge is -2.36. The number of hydrogen-bond acceptors (Lipinski definition) is 5. The molecule has 0 aromatic heterocycles. The number of rotatable bonds is 14. The normalized spacial score (nSPS) is 13.5. The Hall–Kier alpha value is -1.41. The van der Waals surface area contributed by atoms with Crippen molar-refractivity contribution in [1.29, 1.82) is 0 Å². The average molecular weight is 481 g/mol. The number of hydrogen-bond donors (Lipinski definition) is 1. The maximum Gasteiger partial charge on any atom is 0.250 e. The molecule has 190 valence electrons. The largest absolute Gasteiger partial charge is 0.544 e. The highest BCUT2D eigenvalue weighted by Crippen LogP contribution is 2.37. The van der Waals surface area contributed by atoms with Crippen molar-refractivity contribution >= 4 is 14.2 Å². The van der Waals surface area contributed by atoms with Crippen molar-refractivity contribution in [3.8, 4) is 5.75 Å². The summed E-state index contributed by atoms with van der Waals surface area (Å²) < 4.78 is 17.8. The Balaban J connectivity index is 2.89. The molecule has 1 aromatic carbocycles. The number of carbonyl (C=O) groups excluding carboxylic acids is 1.